The van der Waals surface area contributed by atoms with Gasteiger partial charge < -0.3 is 10.1 Å². The summed E-state index contributed by atoms with van der Waals surface area (Å²) in [7, 11) is 1.61. The van der Waals surface area contributed by atoms with E-state index in [2.05, 4.69) is 10.3 Å². The first kappa shape index (κ1) is 12.1. The van der Waals surface area contributed by atoms with Gasteiger partial charge in [0.2, 0.25) is 0 Å². The lowest BCUT2D eigenvalue weighted by Crippen LogP contribution is -2.09. The summed E-state index contributed by atoms with van der Waals surface area (Å²) in [6, 6.07) is 3.44. The van der Waals surface area contributed by atoms with Crippen LogP contribution in [0, 0.1) is 11.3 Å². The highest BCUT2D eigenvalue weighted by Gasteiger charge is 2.08. The van der Waals surface area contributed by atoms with Gasteiger partial charge in [0, 0.05) is 19.7 Å². The van der Waals surface area contributed by atoms with E-state index >= 15 is 0 Å². The second-order valence-corrected chi connectivity index (χ2v) is 3.45. The Kier molecular flexibility index (Phi) is 4.63. The minimum atomic E-state index is 0.102. The maximum Gasteiger partial charge on any atom is 0.150 e. The van der Waals surface area contributed by atoms with Crippen molar-refractivity contribution in [3.63, 3.8) is 0 Å². The molecule has 80 valence electrons. The number of nitrogens with one attached hydrogen (secondary N) is 1. The Labute approximate surface area is 97.8 Å². The van der Waals surface area contributed by atoms with E-state index in [-0.39, 0.29) is 15.7 Å². The first-order valence-corrected chi connectivity index (χ1v) is 4.93. The highest BCUT2D eigenvalue weighted by atomic mass is 35.5. The summed E-state index contributed by atoms with van der Waals surface area (Å²) in [6.07, 6.45) is 0. The minimum Gasteiger partial charge on any atom is -0.383 e. The number of ether oxygens (including phenoxy) is 1. The smallest absolute Gasteiger partial charge is 0.150 e. The molecule has 0 aromatic carbocycles. The lowest BCUT2D eigenvalue weighted by Gasteiger charge is -2.06. The first-order chi connectivity index (χ1) is 7.19. The van der Waals surface area contributed by atoms with Crippen molar-refractivity contribution in [3.05, 3.63) is 21.8 Å². The average Bonchev–Trinajstić information content (AvgIpc) is 2.18. The Morgan fingerprint density at radius 2 is 2.33 bits per heavy atom. The predicted molar refractivity (Wildman–Crippen MR) is 59.3 cm³/mol. The van der Waals surface area contributed by atoms with Crippen molar-refractivity contribution in [1.82, 2.24) is 4.98 Å². The third-order valence-electron chi connectivity index (χ3n) is 1.65. The van der Waals surface area contributed by atoms with Crippen molar-refractivity contribution in [2.75, 3.05) is 25.6 Å². The Morgan fingerprint density at radius 3 is 2.87 bits per heavy atom. The molecule has 0 saturated heterocycles. The zero-order valence-electron chi connectivity index (χ0n) is 8.05. The number of nitrogens with zero attached hydrogens (tertiary/aromatic N) is 2. The van der Waals surface area contributed by atoms with E-state index in [1.807, 2.05) is 6.07 Å². The molecule has 0 radical (unpaired) electrons. The van der Waals surface area contributed by atoms with Crippen LogP contribution in [0.5, 0.6) is 0 Å². The van der Waals surface area contributed by atoms with Gasteiger partial charge in [-0.1, -0.05) is 23.2 Å². The maximum absolute atomic E-state index is 8.70. The standard InChI is InChI=1S/C9H9Cl2N3O/c1-15-3-2-13-8-4-7(10)6(5-12)9(11)14-8/h4H,2-3H2,1H3,(H,13,14). The summed E-state index contributed by atoms with van der Waals surface area (Å²) < 4.78 is 4.86. The second-order valence-electron chi connectivity index (χ2n) is 2.69. The molecule has 1 N–H and O–H groups in total. The number of hydrogen-bond acceptors (Lipinski definition) is 4. The lowest BCUT2D eigenvalue weighted by atomic mass is 10.3. The predicted octanol–water partition coefficient (Wildman–Crippen LogP) is 2.32. The van der Waals surface area contributed by atoms with E-state index in [0.29, 0.717) is 19.0 Å². The first-order valence-electron chi connectivity index (χ1n) is 4.18. The molecule has 4 nitrogen and oxygen atoms in total. The SMILES string of the molecule is COCCNc1cc(Cl)c(C#N)c(Cl)n1. The monoisotopic (exact) mass is 245 g/mol. The molecular weight excluding hydrogens is 237 g/mol. The molecule has 0 fully saturated rings. The molecule has 1 heterocycles. The molecule has 0 aliphatic heterocycles. The van der Waals surface area contributed by atoms with Crippen LogP contribution in [-0.4, -0.2) is 25.2 Å². The van der Waals surface area contributed by atoms with Crippen LogP contribution in [0.25, 0.3) is 0 Å². The fourth-order valence-corrected chi connectivity index (χ4v) is 1.47. The lowest BCUT2D eigenvalue weighted by molar-refractivity contribution is 0.210. The Morgan fingerprint density at radius 1 is 1.60 bits per heavy atom. The Bertz CT molecular complexity index is 366. The number of aromatic nitrogens is 1. The summed E-state index contributed by atoms with van der Waals surface area (Å²) in [4.78, 5) is 3.97. The number of pyridine rings is 1. The third-order valence-corrected chi connectivity index (χ3v) is 2.22. The fraction of sp³-hybridized carbons (Fsp3) is 0.333. The average molecular weight is 246 g/mol. The van der Waals surface area contributed by atoms with E-state index in [4.69, 9.17) is 33.2 Å². The molecule has 0 bridgehead atoms. The molecule has 0 spiro atoms. The van der Waals surface area contributed by atoms with E-state index < -0.39 is 0 Å². The van der Waals surface area contributed by atoms with Crippen molar-refractivity contribution in [1.29, 1.82) is 5.26 Å². The molecular formula is C9H9Cl2N3O. The second kappa shape index (κ2) is 5.76. The summed E-state index contributed by atoms with van der Waals surface area (Å²) in [6.45, 7) is 1.15. The van der Waals surface area contributed by atoms with E-state index in [1.54, 1.807) is 13.2 Å². The number of methoxy groups -OCH3 is 1. The highest BCUT2D eigenvalue weighted by Crippen LogP contribution is 2.24. The van der Waals surface area contributed by atoms with E-state index in [0.717, 1.165) is 0 Å². The minimum absolute atomic E-state index is 0.102. The molecule has 15 heavy (non-hydrogen) atoms. The number of hydrogen-bond donors (Lipinski definition) is 1. The van der Waals surface area contributed by atoms with Crippen molar-refractivity contribution in [2.24, 2.45) is 0 Å². The van der Waals surface area contributed by atoms with Gasteiger partial charge >= 0.3 is 0 Å². The maximum atomic E-state index is 8.70. The zero-order valence-corrected chi connectivity index (χ0v) is 9.56. The van der Waals surface area contributed by atoms with Crippen LogP contribution < -0.4 is 5.32 Å². The Hall–Kier alpha value is -1.02. The van der Waals surface area contributed by atoms with Crippen molar-refractivity contribution in [2.45, 2.75) is 0 Å². The van der Waals surface area contributed by atoms with Crippen LogP contribution in [0.15, 0.2) is 6.07 Å². The molecule has 6 heteroatoms. The zero-order chi connectivity index (χ0) is 11.3. The van der Waals surface area contributed by atoms with Crippen LogP contribution in [-0.2, 0) is 4.74 Å². The Balaban J connectivity index is 2.81. The summed E-state index contributed by atoms with van der Waals surface area (Å²) in [5.41, 5.74) is 0.190. The summed E-state index contributed by atoms with van der Waals surface area (Å²) in [5.74, 6) is 0.529. The topological polar surface area (TPSA) is 57.9 Å². The number of rotatable bonds is 4. The third kappa shape index (κ3) is 3.24. The number of nitriles is 1. The summed E-state index contributed by atoms with van der Waals surface area (Å²) in [5, 5.41) is 12.1. The van der Waals surface area contributed by atoms with Crippen LogP contribution in [0.3, 0.4) is 0 Å². The van der Waals surface area contributed by atoms with Gasteiger partial charge in [0.1, 0.15) is 17.5 Å². The van der Waals surface area contributed by atoms with Gasteiger partial charge in [-0.15, -0.1) is 0 Å². The van der Waals surface area contributed by atoms with Crippen molar-refractivity contribution in [3.8, 4) is 6.07 Å². The molecule has 1 aromatic heterocycles. The van der Waals surface area contributed by atoms with Crippen molar-refractivity contribution >= 4 is 29.0 Å². The highest BCUT2D eigenvalue weighted by molar-refractivity contribution is 6.36. The molecule has 0 amide bonds. The van der Waals surface area contributed by atoms with Gasteiger partial charge in [-0.2, -0.15) is 5.26 Å². The van der Waals surface area contributed by atoms with Crippen LogP contribution in [0.1, 0.15) is 5.56 Å². The van der Waals surface area contributed by atoms with Gasteiger partial charge in [0.05, 0.1) is 11.6 Å². The quantitative estimate of drug-likeness (QED) is 0.654. The van der Waals surface area contributed by atoms with Gasteiger partial charge in [-0.3, -0.25) is 0 Å². The molecule has 1 aromatic rings. The van der Waals surface area contributed by atoms with Gasteiger partial charge in [0.15, 0.2) is 5.15 Å². The van der Waals surface area contributed by atoms with E-state index in [9.17, 15) is 0 Å². The van der Waals surface area contributed by atoms with Gasteiger partial charge in [0.25, 0.3) is 0 Å². The number of anilines is 1. The molecule has 0 aliphatic carbocycles. The van der Waals surface area contributed by atoms with Gasteiger partial charge in [-0.25, -0.2) is 4.98 Å². The van der Waals surface area contributed by atoms with Crippen molar-refractivity contribution < 1.29 is 4.74 Å². The molecule has 1 rings (SSSR count). The van der Waals surface area contributed by atoms with Crippen LogP contribution in [0.2, 0.25) is 10.2 Å². The van der Waals surface area contributed by atoms with Crippen LogP contribution >= 0.6 is 23.2 Å². The molecule has 0 saturated carbocycles. The summed E-state index contributed by atoms with van der Waals surface area (Å²) >= 11 is 11.6. The number of halogens is 2. The molecule has 0 unspecified atom stereocenters. The molecule has 0 aliphatic rings. The molecule has 0 atom stereocenters. The van der Waals surface area contributed by atoms with Crippen LogP contribution in [0.4, 0.5) is 5.82 Å². The largest absolute Gasteiger partial charge is 0.383 e. The normalized spacial score (nSPS) is 9.73. The van der Waals surface area contributed by atoms with Gasteiger partial charge in [-0.05, 0) is 0 Å². The van der Waals surface area contributed by atoms with E-state index in [1.165, 1.54) is 0 Å². The fourth-order valence-electron chi connectivity index (χ4n) is 0.956.